The van der Waals surface area contributed by atoms with Crippen molar-refractivity contribution < 1.29 is 0 Å². The van der Waals surface area contributed by atoms with Gasteiger partial charge >= 0.3 is 0 Å². The molecule has 1 saturated heterocycles. The molecule has 108 valence electrons. The van der Waals surface area contributed by atoms with E-state index in [4.69, 9.17) is 0 Å². The van der Waals surface area contributed by atoms with Gasteiger partial charge in [-0.2, -0.15) is 0 Å². The molecule has 1 aliphatic rings. The lowest BCUT2D eigenvalue weighted by Gasteiger charge is -2.38. The summed E-state index contributed by atoms with van der Waals surface area (Å²) in [4.78, 5) is 9.44. The first-order valence-corrected chi connectivity index (χ1v) is 7.15. The fourth-order valence-corrected chi connectivity index (χ4v) is 2.58. The first-order chi connectivity index (χ1) is 8.95. The van der Waals surface area contributed by atoms with Crippen LogP contribution in [-0.2, 0) is 6.54 Å². The van der Waals surface area contributed by atoms with Crippen molar-refractivity contribution in [3.63, 3.8) is 0 Å². The maximum atomic E-state index is 4.58. The van der Waals surface area contributed by atoms with Crippen molar-refractivity contribution in [3.05, 3.63) is 11.9 Å². The van der Waals surface area contributed by atoms with Gasteiger partial charge in [0.15, 0.2) is 0 Å². The predicted octanol–water partition coefficient (Wildman–Crippen LogP) is 1.26. The lowest BCUT2D eigenvalue weighted by atomic mass is 10.2. The van der Waals surface area contributed by atoms with Crippen LogP contribution in [0.25, 0.3) is 0 Å². The van der Waals surface area contributed by atoms with Crippen LogP contribution in [0.4, 0.5) is 5.95 Å². The monoisotopic (exact) mass is 265 g/mol. The van der Waals surface area contributed by atoms with E-state index in [1.807, 2.05) is 0 Å². The Morgan fingerprint density at radius 3 is 2.79 bits per heavy atom. The molecule has 5 nitrogen and oxygen atoms in total. The maximum Gasteiger partial charge on any atom is 0.203 e. The summed E-state index contributed by atoms with van der Waals surface area (Å²) in [6.45, 7) is 10.8. The fraction of sp³-hybridized carbons (Fsp3) is 0.786. The highest BCUT2D eigenvalue weighted by Gasteiger charge is 2.23. The molecule has 5 heteroatoms. The molecule has 0 aliphatic carbocycles. The molecule has 0 radical (unpaired) electrons. The van der Waals surface area contributed by atoms with Crippen molar-refractivity contribution in [2.24, 2.45) is 0 Å². The van der Waals surface area contributed by atoms with Crippen LogP contribution in [0.5, 0.6) is 0 Å². The molecule has 0 saturated carbocycles. The number of likely N-dealkylation sites (N-methyl/N-ethyl adjacent to an activating group) is 2. The minimum absolute atomic E-state index is 0.410. The van der Waals surface area contributed by atoms with Gasteiger partial charge in [-0.25, -0.2) is 4.98 Å². The molecule has 0 aromatic carbocycles. The molecule has 0 spiro atoms. The third-order valence-corrected chi connectivity index (χ3v) is 3.70. The van der Waals surface area contributed by atoms with E-state index in [2.05, 4.69) is 65.7 Å². The predicted molar refractivity (Wildman–Crippen MR) is 79.6 cm³/mol. The molecule has 1 fully saturated rings. The minimum Gasteiger partial charge on any atom is -0.353 e. The van der Waals surface area contributed by atoms with Gasteiger partial charge in [0.05, 0.1) is 5.69 Å². The second kappa shape index (κ2) is 5.92. The van der Waals surface area contributed by atoms with Crippen LogP contribution in [0.3, 0.4) is 0 Å². The van der Waals surface area contributed by atoms with Crippen molar-refractivity contribution in [2.75, 3.05) is 39.0 Å². The van der Waals surface area contributed by atoms with Crippen LogP contribution in [0.15, 0.2) is 6.20 Å². The second-order valence-corrected chi connectivity index (χ2v) is 6.05. The van der Waals surface area contributed by atoms with E-state index in [1.54, 1.807) is 0 Å². The van der Waals surface area contributed by atoms with Gasteiger partial charge in [-0.05, 0) is 34.9 Å². The average molecular weight is 265 g/mol. The number of hydrogen-bond donors (Lipinski definition) is 1. The van der Waals surface area contributed by atoms with Crippen molar-refractivity contribution in [1.82, 2.24) is 19.4 Å². The smallest absolute Gasteiger partial charge is 0.203 e. The largest absolute Gasteiger partial charge is 0.353 e. The fourth-order valence-electron chi connectivity index (χ4n) is 2.58. The summed E-state index contributed by atoms with van der Waals surface area (Å²) < 4.78 is 2.26. The van der Waals surface area contributed by atoms with Crippen LogP contribution < -0.4 is 5.32 Å². The van der Waals surface area contributed by atoms with Crippen molar-refractivity contribution >= 4 is 5.95 Å². The van der Waals surface area contributed by atoms with E-state index >= 15 is 0 Å². The molecule has 2 heterocycles. The lowest BCUT2D eigenvalue weighted by molar-refractivity contribution is 0.103. The molecule has 0 bridgehead atoms. The highest BCUT2D eigenvalue weighted by molar-refractivity contribution is 5.29. The van der Waals surface area contributed by atoms with Crippen molar-refractivity contribution in [1.29, 1.82) is 0 Å². The summed E-state index contributed by atoms with van der Waals surface area (Å²) in [5.41, 5.74) is 1.08. The van der Waals surface area contributed by atoms with E-state index in [-0.39, 0.29) is 0 Å². The number of nitrogens with zero attached hydrogens (tertiary/aromatic N) is 4. The molecule has 1 aromatic rings. The Hall–Kier alpha value is -1.07. The third-order valence-electron chi connectivity index (χ3n) is 3.70. The Bertz CT molecular complexity index is 412. The number of hydrogen-bond acceptors (Lipinski definition) is 4. The number of piperazine rings is 1. The molecule has 1 atom stereocenters. The standard InChI is InChI=1S/C14H27N5/c1-11(2)15-14-16-12(3)8-19(14)10-13-9-17(4)6-7-18(13)5/h8,11,13H,6-7,9-10H2,1-5H3,(H,15,16). The highest BCUT2D eigenvalue weighted by Crippen LogP contribution is 2.14. The number of aromatic nitrogens is 2. The van der Waals surface area contributed by atoms with Crippen LogP contribution in [0, 0.1) is 6.92 Å². The number of aryl methyl sites for hydroxylation is 1. The number of rotatable bonds is 4. The first-order valence-electron chi connectivity index (χ1n) is 7.15. The normalized spacial score (nSPS) is 22.1. The SMILES string of the molecule is Cc1cn(CC2CN(C)CCN2C)c(NC(C)C)n1. The van der Waals surface area contributed by atoms with Gasteiger partial charge < -0.3 is 14.8 Å². The highest BCUT2D eigenvalue weighted by atomic mass is 15.3. The molecule has 1 N–H and O–H groups in total. The van der Waals surface area contributed by atoms with Gasteiger partial charge in [-0.3, -0.25) is 4.90 Å². The Morgan fingerprint density at radius 2 is 2.11 bits per heavy atom. The summed E-state index contributed by atoms with van der Waals surface area (Å²) >= 11 is 0. The van der Waals surface area contributed by atoms with E-state index in [9.17, 15) is 0 Å². The van der Waals surface area contributed by atoms with Crippen LogP contribution >= 0.6 is 0 Å². The topological polar surface area (TPSA) is 36.3 Å². The van der Waals surface area contributed by atoms with E-state index in [1.165, 1.54) is 0 Å². The van der Waals surface area contributed by atoms with E-state index < -0.39 is 0 Å². The van der Waals surface area contributed by atoms with Crippen molar-refractivity contribution in [2.45, 2.75) is 39.4 Å². The van der Waals surface area contributed by atoms with E-state index in [0.29, 0.717) is 12.1 Å². The van der Waals surface area contributed by atoms with E-state index in [0.717, 1.165) is 37.8 Å². The van der Waals surface area contributed by atoms with Crippen LogP contribution in [0.2, 0.25) is 0 Å². The first kappa shape index (κ1) is 14.3. The summed E-state index contributed by atoms with van der Waals surface area (Å²) in [7, 11) is 4.42. The van der Waals surface area contributed by atoms with Gasteiger partial charge in [0, 0.05) is 44.5 Å². The molecule has 1 unspecified atom stereocenters. The van der Waals surface area contributed by atoms with Gasteiger partial charge in [-0.1, -0.05) is 0 Å². The zero-order valence-corrected chi connectivity index (χ0v) is 12.8. The molecule has 2 rings (SSSR count). The molecule has 19 heavy (non-hydrogen) atoms. The molecular weight excluding hydrogens is 238 g/mol. The van der Waals surface area contributed by atoms with Gasteiger partial charge in [0.1, 0.15) is 0 Å². The van der Waals surface area contributed by atoms with Crippen molar-refractivity contribution in [3.8, 4) is 0 Å². The Kier molecular flexibility index (Phi) is 4.47. The summed E-state index contributed by atoms with van der Waals surface area (Å²) in [6, 6.07) is 0.965. The number of imidazole rings is 1. The van der Waals surface area contributed by atoms with Gasteiger partial charge in [-0.15, -0.1) is 0 Å². The zero-order valence-electron chi connectivity index (χ0n) is 12.8. The van der Waals surface area contributed by atoms with Crippen LogP contribution in [0.1, 0.15) is 19.5 Å². The van der Waals surface area contributed by atoms with Crippen LogP contribution in [-0.4, -0.2) is 65.2 Å². The quantitative estimate of drug-likeness (QED) is 0.889. The molecular formula is C14H27N5. The summed E-state index contributed by atoms with van der Waals surface area (Å²) in [6.07, 6.45) is 2.15. The molecule has 1 aromatic heterocycles. The molecule has 0 amide bonds. The lowest BCUT2D eigenvalue weighted by Crippen LogP contribution is -2.51. The third kappa shape index (κ3) is 3.70. The van der Waals surface area contributed by atoms with Gasteiger partial charge in [0.2, 0.25) is 5.95 Å². The second-order valence-electron chi connectivity index (χ2n) is 6.05. The average Bonchev–Trinajstić information content (AvgIpc) is 2.63. The summed E-state index contributed by atoms with van der Waals surface area (Å²) in [5.74, 6) is 0.995. The Morgan fingerprint density at radius 1 is 1.37 bits per heavy atom. The minimum atomic E-state index is 0.410. The molecule has 1 aliphatic heterocycles. The number of anilines is 1. The van der Waals surface area contributed by atoms with Gasteiger partial charge in [0.25, 0.3) is 0 Å². The Balaban J connectivity index is 2.09. The Labute approximate surface area is 116 Å². The zero-order chi connectivity index (χ0) is 14.0. The maximum absolute atomic E-state index is 4.58. The number of nitrogens with one attached hydrogen (secondary N) is 1. The summed E-state index contributed by atoms with van der Waals surface area (Å²) in [5, 5.41) is 3.43.